The number of aliphatic hydroxyl groups is 1. The highest BCUT2D eigenvalue weighted by atomic mass is 16.6. The molecular weight excluding hydrogens is 1100 g/mol. The van der Waals surface area contributed by atoms with Crippen LogP contribution in [0.25, 0.3) is 0 Å². The summed E-state index contributed by atoms with van der Waals surface area (Å²) in [6, 6.07) is 22.6. The van der Waals surface area contributed by atoms with Crippen LogP contribution < -0.4 is 44.3 Å². The maximum absolute atomic E-state index is 10.9. The second-order valence-corrected chi connectivity index (χ2v) is 20.3. The second-order valence-electron chi connectivity index (χ2n) is 20.3. The smallest absolute Gasteiger partial charge is 0.273 e. The molecule has 10 rings (SSSR count). The number of nitrogen functional groups attached to an aromatic ring is 1. The van der Waals surface area contributed by atoms with E-state index in [1.54, 1.807) is 31.4 Å². The van der Waals surface area contributed by atoms with Gasteiger partial charge in [-0.05, 0) is 95.8 Å². The molecule has 5 fully saturated rings. The van der Waals surface area contributed by atoms with E-state index in [9.17, 15) is 60.8 Å². The molecule has 5 aromatic rings. The number of rotatable bonds is 19. The average Bonchev–Trinajstić information content (AvgIpc) is 4.11. The summed E-state index contributed by atoms with van der Waals surface area (Å²) < 4.78 is 26.5. The minimum Gasteiger partial charge on any atom is -0.506 e. The molecule has 5 aromatic carbocycles. The number of epoxide rings is 1. The van der Waals surface area contributed by atoms with E-state index in [2.05, 4.69) is 14.7 Å². The van der Waals surface area contributed by atoms with Gasteiger partial charge in [0.1, 0.15) is 54.2 Å². The Balaban J connectivity index is 0.000000171. The van der Waals surface area contributed by atoms with E-state index in [-0.39, 0.29) is 46.9 Å². The zero-order chi connectivity index (χ0) is 60.9. The molecule has 0 aromatic heterocycles. The Morgan fingerprint density at radius 1 is 0.524 bits per heavy atom. The minimum atomic E-state index is -0.638. The van der Waals surface area contributed by atoms with Crippen LogP contribution in [-0.2, 0) is 4.74 Å². The Kier molecular flexibility index (Phi) is 24.0. The first kappa shape index (κ1) is 64.2. The summed E-state index contributed by atoms with van der Waals surface area (Å²) in [5.74, 6) is 1.95. The van der Waals surface area contributed by atoms with Crippen LogP contribution in [0.2, 0.25) is 0 Å². The molecule has 0 saturated carbocycles. The van der Waals surface area contributed by atoms with E-state index >= 15 is 0 Å². The summed E-state index contributed by atoms with van der Waals surface area (Å²) in [5, 5.41) is 72.7. The molecule has 0 aliphatic carbocycles. The van der Waals surface area contributed by atoms with Gasteiger partial charge in [0.15, 0.2) is 0 Å². The number of nitrogens with two attached hydrogens (primary N) is 1. The van der Waals surface area contributed by atoms with Crippen LogP contribution in [0.4, 0.5) is 56.9 Å². The van der Waals surface area contributed by atoms with E-state index in [0.29, 0.717) is 54.1 Å². The van der Waals surface area contributed by atoms with Gasteiger partial charge in [-0.1, -0.05) is 0 Å². The van der Waals surface area contributed by atoms with Gasteiger partial charge in [0.05, 0.1) is 104 Å². The van der Waals surface area contributed by atoms with Gasteiger partial charge in [0.2, 0.25) is 0 Å². The van der Waals surface area contributed by atoms with Crippen LogP contribution in [0.15, 0.2) is 91.0 Å². The number of non-ortho nitro benzene ring substituents is 5. The molecule has 28 nitrogen and oxygen atoms in total. The molecule has 28 heteroatoms. The number of hydrogen-bond acceptors (Lipinski definition) is 23. The topological polar surface area (TPSA) is 348 Å². The van der Waals surface area contributed by atoms with Crippen LogP contribution in [0.5, 0.6) is 28.7 Å². The number of benzene rings is 5. The first-order chi connectivity index (χ1) is 40.3. The maximum Gasteiger partial charge on any atom is 0.273 e. The fourth-order valence-electron chi connectivity index (χ4n) is 9.57. The first-order valence-electron chi connectivity index (χ1n) is 27.4. The number of phenolic OH excluding ortho intramolecular Hbond substituents is 1. The van der Waals surface area contributed by atoms with Crippen LogP contribution in [0.3, 0.4) is 0 Å². The molecule has 5 saturated heterocycles. The monoisotopic (exact) mass is 1170 g/mol. The maximum atomic E-state index is 10.9. The van der Waals surface area contributed by atoms with Crippen LogP contribution in [-0.4, -0.2) is 159 Å². The summed E-state index contributed by atoms with van der Waals surface area (Å²) in [6.07, 6.45) is 8.59. The molecule has 4 N–H and O–H groups in total. The number of aliphatic hydroxyl groups excluding tert-OH is 1. The highest BCUT2D eigenvalue weighted by Crippen LogP contribution is 2.38. The van der Waals surface area contributed by atoms with Gasteiger partial charge >= 0.3 is 0 Å². The molecule has 0 amide bonds. The fourth-order valence-corrected chi connectivity index (χ4v) is 9.57. The number of aromatic hydroxyl groups is 1. The molecule has 5 heterocycles. The van der Waals surface area contributed by atoms with Gasteiger partial charge in [-0.2, -0.15) is 0 Å². The molecular formula is C56H73N11O17. The predicted molar refractivity (Wildman–Crippen MR) is 316 cm³/mol. The number of nitrogens with zero attached hydrogens (tertiary/aromatic N) is 10. The van der Waals surface area contributed by atoms with E-state index in [4.69, 9.17) is 29.4 Å². The normalized spacial score (nSPS) is 16.1. The molecule has 0 radical (unpaired) electrons. The summed E-state index contributed by atoms with van der Waals surface area (Å²) in [4.78, 5) is 61.4. The van der Waals surface area contributed by atoms with Gasteiger partial charge in [-0.15, -0.1) is 0 Å². The number of anilines is 5. The highest BCUT2D eigenvalue weighted by molar-refractivity contribution is 5.66. The molecule has 2 atom stereocenters. The van der Waals surface area contributed by atoms with Crippen LogP contribution >= 0.6 is 0 Å². The van der Waals surface area contributed by atoms with Crippen molar-refractivity contribution in [2.45, 2.75) is 63.6 Å². The van der Waals surface area contributed by atoms with Crippen molar-refractivity contribution >= 4 is 56.9 Å². The number of phenols is 1. The molecule has 2 unspecified atom stereocenters. The first-order valence-corrected chi connectivity index (χ1v) is 27.4. The average molecular weight is 1170 g/mol. The van der Waals surface area contributed by atoms with Gasteiger partial charge in [0.25, 0.3) is 28.4 Å². The zero-order valence-electron chi connectivity index (χ0n) is 47.5. The Bertz CT molecular complexity index is 3020. The minimum absolute atomic E-state index is 0.0000429. The molecule has 0 bridgehead atoms. The third kappa shape index (κ3) is 19.0. The standard InChI is InChI=1S/C15H23N3O4.C13H16N2O4.C11H14N2O3.C10H12N2O3.C7H8N2O3/c1-16(2)10-13(19)11-22-15-9-12(18(20)21)5-6-14(15)17-7-3-4-8-17;16-15(17)10-3-4-12(14-5-1-2-6-14)13(7-10)19-9-11-8-18-11;1-16-11-8-9(13(14)15)4-5-10(11)12-6-2-3-7-12;13-10-7-8(12(14)15)3-4-9(10)11-5-1-2-6-11;1-12-7-4-5(9(10)11)2-3-6(7)8/h5-6,9,13,19H,3-4,7-8,10-11H2,1-2H3;3-4,7,11H,1-2,5-6,8-9H2;4-5,8H,2-3,6-7H2,1H3;3-4,7,13H,1-2,5-6H2;2-4H,8H2,1H3. The number of nitro benzene ring substituents is 5. The van der Waals surface area contributed by atoms with E-state index < -0.39 is 30.7 Å². The Morgan fingerprint density at radius 3 is 1.20 bits per heavy atom. The SMILES string of the molecule is CN(C)CC(O)COc1cc([N+](=O)[O-])ccc1N1CCCC1.COc1cc([N+](=O)[O-])ccc1N.COc1cc([N+](=O)[O-])ccc1N1CCCC1.O=[N+]([O-])c1ccc(N2CCCC2)c(O)c1.O=[N+]([O-])c1ccc(N2CCCC2)c(OCC2CO2)c1. The lowest BCUT2D eigenvalue weighted by Gasteiger charge is -2.22. The zero-order valence-corrected chi connectivity index (χ0v) is 47.5. The third-order valence-corrected chi connectivity index (χ3v) is 13.9. The van der Waals surface area contributed by atoms with Crippen molar-refractivity contribution in [3.8, 4) is 28.7 Å². The van der Waals surface area contributed by atoms with Crippen molar-refractivity contribution in [2.75, 3.05) is 132 Å². The summed E-state index contributed by atoms with van der Waals surface area (Å²) in [6.45, 7) is 9.38. The summed E-state index contributed by atoms with van der Waals surface area (Å²) in [5.41, 5.74) is 9.33. The highest BCUT2D eigenvalue weighted by Gasteiger charge is 2.27. The molecule has 5 aliphatic heterocycles. The van der Waals surface area contributed by atoms with Gasteiger partial charge in [-0.3, -0.25) is 50.6 Å². The van der Waals surface area contributed by atoms with Crippen molar-refractivity contribution in [3.63, 3.8) is 0 Å². The van der Waals surface area contributed by atoms with E-state index in [1.807, 2.05) is 23.9 Å². The Labute approximate surface area is 485 Å². The predicted octanol–water partition coefficient (Wildman–Crippen LogP) is 8.76. The van der Waals surface area contributed by atoms with Crippen molar-refractivity contribution in [3.05, 3.63) is 142 Å². The van der Waals surface area contributed by atoms with E-state index in [0.717, 1.165) is 108 Å². The number of ether oxygens (including phenoxy) is 5. The van der Waals surface area contributed by atoms with Gasteiger partial charge in [-0.25, -0.2) is 0 Å². The lowest BCUT2D eigenvalue weighted by molar-refractivity contribution is -0.385. The van der Waals surface area contributed by atoms with Crippen molar-refractivity contribution in [2.24, 2.45) is 0 Å². The molecule has 0 spiro atoms. The summed E-state index contributed by atoms with van der Waals surface area (Å²) >= 11 is 0. The Hall–Kier alpha value is -9.02. The van der Waals surface area contributed by atoms with Crippen LogP contribution in [0.1, 0.15) is 51.4 Å². The number of likely N-dealkylation sites (N-methyl/N-ethyl adjacent to an activating group) is 1. The Morgan fingerprint density at radius 2 is 0.845 bits per heavy atom. The van der Waals surface area contributed by atoms with Gasteiger partial charge < -0.3 is 64.1 Å². The quantitative estimate of drug-likeness (QED) is 0.0301. The van der Waals surface area contributed by atoms with Crippen LogP contribution in [0, 0.1) is 50.6 Å². The molecule has 84 heavy (non-hydrogen) atoms. The number of nitro groups is 5. The third-order valence-electron chi connectivity index (χ3n) is 13.9. The summed E-state index contributed by atoms with van der Waals surface area (Å²) in [7, 11) is 6.69. The molecule has 454 valence electrons. The lowest BCUT2D eigenvalue weighted by Crippen LogP contribution is -2.31. The van der Waals surface area contributed by atoms with Crippen molar-refractivity contribution < 1.29 is 58.5 Å². The number of methoxy groups -OCH3 is 2. The van der Waals surface area contributed by atoms with E-state index in [1.165, 1.54) is 86.7 Å². The van der Waals surface area contributed by atoms with Crippen molar-refractivity contribution in [1.82, 2.24) is 4.90 Å². The van der Waals surface area contributed by atoms with Gasteiger partial charge in [0, 0.05) is 89.2 Å². The molecule has 5 aliphatic rings. The number of hydrogen-bond donors (Lipinski definition) is 3. The lowest BCUT2D eigenvalue weighted by atomic mass is 10.2. The van der Waals surface area contributed by atoms with Crippen molar-refractivity contribution in [1.29, 1.82) is 0 Å². The second kappa shape index (κ2) is 31.4. The largest absolute Gasteiger partial charge is 0.506 e. The fraction of sp³-hybridized carbons (Fsp3) is 0.464.